The van der Waals surface area contributed by atoms with E-state index in [1.54, 1.807) is 24.3 Å². The van der Waals surface area contributed by atoms with Crippen LogP contribution in [0.1, 0.15) is 22.0 Å². The van der Waals surface area contributed by atoms with Crippen LogP contribution in [-0.4, -0.2) is 31.4 Å². The Balaban J connectivity index is 1.80. The normalized spacial score (nSPS) is 12.3. The first-order valence-electron chi connectivity index (χ1n) is 8.08. The number of benzene rings is 2. The summed E-state index contributed by atoms with van der Waals surface area (Å²) in [6.07, 6.45) is 1.23. The fourth-order valence-electron chi connectivity index (χ4n) is 2.79. The molecule has 0 aliphatic rings. The second-order valence-electron chi connectivity index (χ2n) is 6.07. The van der Waals surface area contributed by atoms with Crippen molar-refractivity contribution >= 4 is 16.9 Å². The average molecular weight is 336 g/mol. The van der Waals surface area contributed by atoms with Crippen molar-refractivity contribution in [3.63, 3.8) is 0 Å². The van der Waals surface area contributed by atoms with Crippen molar-refractivity contribution in [3.8, 4) is 0 Å². The Hall–Kier alpha value is -2.92. The molecule has 1 atom stereocenters. The van der Waals surface area contributed by atoms with Crippen LogP contribution in [-0.2, 0) is 0 Å². The first-order valence-corrected chi connectivity index (χ1v) is 8.08. The minimum atomic E-state index is -0.428. The Labute approximate surface area is 145 Å². The van der Waals surface area contributed by atoms with Crippen LogP contribution in [0.15, 0.2) is 70.1 Å². The van der Waals surface area contributed by atoms with Crippen LogP contribution in [0.2, 0.25) is 0 Å². The number of hydrogen-bond donors (Lipinski definition) is 1. The molecule has 0 bridgehead atoms. The Morgan fingerprint density at radius 3 is 2.48 bits per heavy atom. The molecule has 0 radical (unpaired) electrons. The van der Waals surface area contributed by atoms with Crippen LogP contribution in [0, 0.1) is 0 Å². The molecular formula is C20H20N2O3. The minimum absolute atomic E-state index is 0.0117. The number of amides is 1. The van der Waals surface area contributed by atoms with E-state index < -0.39 is 5.91 Å². The molecule has 128 valence electrons. The van der Waals surface area contributed by atoms with E-state index in [4.69, 9.17) is 4.42 Å². The van der Waals surface area contributed by atoms with E-state index >= 15 is 0 Å². The molecule has 1 amide bonds. The summed E-state index contributed by atoms with van der Waals surface area (Å²) in [7, 11) is 3.91. The molecule has 3 rings (SSSR count). The number of hydrogen-bond acceptors (Lipinski definition) is 4. The molecule has 0 aliphatic carbocycles. The highest BCUT2D eigenvalue weighted by atomic mass is 16.3. The van der Waals surface area contributed by atoms with Gasteiger partial charge in [0, 0.05) is 6.54 Å². The molecule has 0 unspecified atom stereocenters. The van der Waals surface area contributed by atoms with E-state index in [2.05, 4.69) is 5.32 Å². The van der Waals surface area contributed by atoms with Gasteiger partial charge in [-0.15, -0.1) is 0 Å². The average Bonchev–Trinajstić information content (AvgIpc) is 2.63. The van der Waals surface area contributed by atoms with Gasteiger partial charge in [0.2, 0.25) is 5.43 Å². The molecule has 0 aliphatic heterocycles. The van der Waals surface area contributed by atoms with Crippen LogP contribution in [0.4, 0.5) is 0 Å². The van der Waals surface area contributed by atoms with Crippen LogP contribution >= 0.6 is 0 Å². The molecule has 0 saturated heterocycles. The number of carbonyl (C=O) groups excluding carboxylic acids is 1. The number of likely N-dealkylation sites (N-methyl/N-ethyl adjacent to an activating group) is 1. The standard InChI is InChI=1S/C20H20N2O3/c1-22(2)17(14-8-4-3-5-9-14)12-21-20(24)16-13-25-18-11-7-6-10-15(18)19(16)23/h3-11,13,17H,12H2,1-2H3,(H,21,24)/t17-/m0/s1. The third kappa shape index (κ3) is 3.61. The molecule has 2 aromatic carbocycles. The molecule has 0 spiro atoms. The maximum Gasteiger partial charge on any atom is 0.258 e. The lowest BCUT2D eigenvalue weighted by atomic mass is 10.1. The highest BCUT2D eigenvalue weighted by Gasteiger charge is 2.18. The summed E-state index contributed by atoms with van der Waals surface area (Å²) < 4.78 is 5.41. The smallest absolute Gasteiger partial charge is 0.258 e. The van der Waals surface area contributed by atoms with E-state index in [0.29, 0.717) is 17.5 Å². The first-order chi connectivity index (χ1) is 12.1. The summed E-state index contributed by atoms with van der Waals surface area (Å²) in [5.41, 5.74) is 1.27. The molecule has 3 aromatic rings. The van der Waals surface area contributed by atoms with Gasteiger partial charge < -0.3 is 14.6 Å². The van der Waals surface area contributed by atoms with Crippen LogP contribution in [0.3, 0.4) is 0 Å². The molecular weight excluding hydrogens is 316 g/mol. The molecule has 1 N–H and O–H groups in total. The molecule has 1 heterocycles. The topological polar surface area (TPSA) is 62.6 Å². The third-order valence-corrected chi connectivity index (χ3v) is 4.19. The molecule has 25 heavy (non-hydrogen) atoms. The number of nitrogens with zero attached hydrogens (tertiary/aromatic N) is 1. The van der Waals surface area contributed by atoms with Crippen molar-refractivity contribution in [1.82, 2.24) is 10.2 Å². The summed E-state index contributed by atoms with van der Waals surface area (Å²) >= 11 is 0. The zero-order chi connectivity index (χ0) is 17.8. The number of nitrogens with one attached hydrogen (secondary N) is 1. The van der Waals surface area contributed by atoms with Crippen LogP contribution in [0.25, 0.3) is 11.0 Å². The van der Waals surface area contributed by atoms with Gasteiger partial charge in [-0.2, -0.15) is 0 Å². The largest absolute Gasteiger partial charge is 0.463 e. The lowest BCUT2D eigenvalue weighted by molar-refractivity contribution is 0.0939. The van der Waals surface area contributed by atoms with Gasteiger partial charge in [0.15, 0.2) is 0 Å². The van der Waals surface area contributed by atoms with Gasteiger partial charge in [-0.25, -0.2) is 0 Å². The monoisotopic (exact) mass is 336 g/mol. The lowest BCUT2D eigenvalue weighted by Crippen LogP contribution is -2.36. The Morgan fingerprint density at radius 2 is 1.76 bits per heavy atom. The summed E-state index contributed by atoms with van der Waals surface area (Å²) in [5.74, 6) is -0.428. The molecule has 0 fully saturated rings. The number of rotatable bonds is 5. The highest BCUT2D eigenvalue weighted by Crippen LogP contribution is 2.17. The van der Waals surface area contributed by atoms with Gasteiger partial charge in [-0.3, -0.25) is 9.59 Å². The number of fused-ring (bicyclic) bond motifs is 1. The van der Waals surface area contributed by atoms with E-state index in [1.165, 1.54) is 6.26 Å². The van der Waals surface area contributed by atoms with Crippen molar-refractivity contribution in [1.29, 1.82) is 0 Å². The minimum Gasteiger partial charge on any atom is -0.463 e. The van der Waals surface area contributed by atoms with Gasteiger partial charge >= 0.3 is 0 Å². The Bertz CT molecular complexity index is 932. The van der Waals surface area contributed by atoms with Crippen LogP contribution < -0.4 is 10.7 Å². The second-order valence-corrected chi connectivity index (χ2v) is 6.07. The first kappa shape index (κ1) is 16.9. The van der Waals surface area contributed by atoms with E-state index in [-0.39, 0.29) is 17.0 Å². The fourth-order valence-corrected chi connectivity index (χ4v) is 2.79. The predicted molar refractivity (Wildman–Crippen MR) is 97.7 cm³/mol. The van der Waals surface area contributed by atoms with Gasteiger partial charge in [-0.05, 0) is 31.8 Å². The summed E-state index contributed by atoms with van der Waals surface area (Å²) in [6.45, 7) is 0.391. The fraction of sp³-hybridized carbons (Fsp3) is 0.200. The van der Waals surface area contributed by atoms with E-state index in [1.807, 2.05) is 49.3 Å². The maximum atomic E-state index is 12.5. The molecule has 5 nitrogen and oxygen atoms in total. The SMILES string of the molecule is CN(C)[C@@H](CNC(=O)c1coc2ccccc2c1=O)c1ccccc1. The summed E-state index contributed by atoms with van der Waals surface area (Å²) in [6, 6.07) is 16.8. The zero-order valence-electron chi connectivity index (χ0n) is 14.2. The van der Waals surface area contributed by atoms with Crippen molar-refractivity contribution < 1.29 is 9.21 Å². The maximum absolute atomic E-state index is 12.5. The van der Waals surface area contributed by atoms with Crippen LogP contribution in [0.5, 0.6) is 0 Å². The van der Waals surface area contributed by atoms with Gasteiger partial charge in [0.25, 0.3) is 5.91 Å². The number of carbonyl (C=O) groups is 1. The van der Waals surface area contributed by atoms with E-state index in [0.717, 1.165) is 5.56 Å². The third-order valence-electron chi connectivity index (χ3n) is 4.19. The highest BCUT2D eigenvalue weighted by molar-refractivity contribution is 5.96. The molecule has 5 heteroatoms. The van der Waals surface area contributed by atoms with Crippen molar-refractivity contribution in [3.05, 3.63) is 82.2 Å². The predicted octanol–water partition coefficient (Wildman–Crippen LogP) is 2.83. The van der Waals surface area contributed by atoms with Gasteiger partial charge in [0.1, 0.15) is 17.4 Å². The van der Waals surface area contributed by atoms with Crippen molar-refractivity contribution in [2.45, 2.75) is 6.04 Å². The Kier molecular flexibility index (Phi) is 4.95. The second kappa shape index (κ2) is 7.32. The summed E-state index contributed by atoms with van der Waals surface area (Å²) in [4.78, 5) is 27.0. The zero-order valence-corrected chi connectivity index (χ0v) is 14.2. The van der Waals surface area contributed by atoms with Gasteiger partial charge in [-0.1, -0.05) is 42.5 Å². The quantitative estimate of drug-likeness (QED) is 0.778. The van der Waals surface area contributed by atoms with Crippen molar-refractivity contribution in [2.24, 2.45) is 0 Å². The molecule has 0 saturated carbocycles. The van der Waals surface area contributed by atoms with E-state index in [9.17, 15) is 9.59 Å². The van der Waals surface area contributed by atoms with Crippen molar-refractivity contribution in [2.75, 3.05) is 20.6 Å². The summed E-state index contributed by atoms with van der Waals surface area (Å²) in [5, 5.41) is 3.25. The Morgan fingerprint density at radius 1 is 1.08 bits per heavy atom. The lowest BCUT2D eigenvalue weighted by Gasteiger charge is -2.25. The van der Waals surface area contributed by atoms with Gasteiger partial charge in [0.05, 0.1) is 11.4 Å². The number of para-hydroxylation sites is 1. The molecule has 1 aromatic heterocycles.